The molecule has 0 aliphatic heterocycles. The van der Waals surface area contributed by atoms with Crippen molar-refractivity contribution in [2.24, 2.45) is 0 Å². The molecule has 1 aliphatic carbocycles. The van der Waals surface area contributed by atoms with Crippen LogP contribution >= 0.6 is 23.1 Å². The lowest BCUT2D eigenvalue weighted by molar-refractivity contribution is -0.118. The average molecular weight is 399 g/mol. The summed E-state index contributed by atoms with van der Waals surface area (Å²) in [4.78, 5) is 24.5. The first kappa shape index (κ1) is 18.3. The van der Waals surface area contributed by atoms with E-state index in [9.17, 15) is 4.79 Å². The lowest BCUT2D eigenvalue weighted by Crippen LogP contribution is -2.26. The van der Waals surface area contributed by atoms with Gasteiger partial charge in [0.1, 0.15) is 16.5 Å². The molecule has 2 N–H and O–H groups in total. The fourth-order valence-corrected chi connectivity index (χ4v) is 5.37. The Morgan fingerprint density at radius 1 is 1.19 bits per heavy atom. The summed E-state index contributed by atoms with van der Waals surface area (Å²) >= 11 is 3.56. The molecule has 0 radical (unpaired) electrons. The Hall–Kier alpha value is -2.12. The molecule has 0 fully saturated rings. The highest BCUT2D eigenvalue weighted by Gasteiger charge is 2.22. The van der Waals surface area contributed by atoms with Crippen LogP contribution in [0, 0.1) is 0 Å². The van der Waals surface area contributed by atoms with Gasteiger partial charge in [-0.1, -0.05) is 18.2 Å². The molecule has 1 aromatic carbocycles. The highest BCUT2D eigenvalue weighted by molar-refractivity contribution is 7.98. The normalized spacial score (nSPS) is 12.9. The molecule has 0 spiro atoms. The number of benzene rings is 1. The Morgan fingerprint density at radius 3 is 2.85 bits per heavy atom. The lowest BCUT2D eigenvalue weighted by atomic mass is 10.2. The van der Waals surface area contributed by atoms with Crippen LogP contribution in [-0.2, 0) is 23.4 Å². The number of aryl methyl sites for hydroxylation is 2. The number of aromatic nitrogens is 2. The van der Waals surface area contributed by atoms with E-state index < -0.39 is 0 Å². The van der Waals surface area contributed by atoms with Crippen molar-refractivity contribution < 1.29 is 4.79 Å². The fraction of sp³-hybridized carbons (Fsp3) is 0.350. The van der Waals surface area contributed by atoms with Crippen molar-refractivity contribution in [1.82, 2.24) is 15.3 Å². The second-order valence-electron chi connectivity index (χ2n) is 6.54. The monoisotopic (exact) mass is 398 g/mol. The number of amides is 1. The molecule has 0 atom stereocenters. The van der Waals surface area contributed by atoms with Gasteiger partial charge < -0.3 is 10.6 Å². The molecule has 1 amide bonds. The second kappa shape index (κ2) is 8.27. The Kier molecular flexibility index (Phi) is 5.59. The molecule has 0 saturated carbocycles. The van der Waals surface area contributed by atoms with Crippen molar-refractivity contribution in [1.29, 1.82) is 0 Å². The van der Waals surface area contributed by atoms with E-state index in [0.29, 0.717) is 13.1 Å². The van der Waals surface area contributed by atoms with Crippen LogP contribution in [0.25, 0.3) is 10.2 Å². The number of thiophene rings is 1. The zero-order valence-electron chi connectivity index (χ0n) is 15.2. The number of hydrogen-bond acceptors (Lipinski definition) is 6. The van der Waals surface area contributed by atoms with Crippen LogP contribution in [0.15, 0.2) is 35.2 Å². The molecule has 0 unspecified atom stereocenters. The molecular weight excluding hydrogens is 376 g/mol. The first-order chi connectivity index (χ1) is 13.2. The molecule has 1 aliphatic rings. The minimum absolute atomic E-state index is 0.0130. The van der Waals surface area contributed by atoms with Crippen LogP contribution in [0.2, 0.25) is 0 Å². The summed E-state index contributed by atoms with van der Waals surface area (Å²) in [5, 5.41) is 7.44. The van der Waals surface area contributed by atoms with Crippen LogP contribution in [0.4, 0.5) is 5.82 Å². The maximum absolute atomic E-state index is 11.1. The number of carbonyl (C=O) groups is 1. The van der Waals surface area contributed by atoms with Gasteiger partial charge in [0, 0.05) is 29.8 Å². The molecule has 2 aromatic heterocycles. The van der Waals surface area contributed by atoms with Crippen LogP contribution in [-0.4, -0.2) is 29.0 Å². The van der Waals surface area contributed by atoms with Crippen molar-refractivity contribution in [3.8, 4) is 0 Å². The third-order valence-corrected chi connectivity index (χ3v) is 6.71. The molecule has 5 nitrogen and oxygen atoms in total. The molecular formula is C20H22N4OS2. The number of rotatable bonds is 7. The zero-order chi connectivity index (χ0) is 18.6. The quantitative estimate of drug-likeness (QED) is 0.465. The Balaban J connectivity index is 1.58. The van der Waals surface area contributed by atoms with E-state index >= 15 is 0 Å². The summed E-state index contributed by atoms with van der Waals surface area (Å²) in [6.45, 7) is 2.77. The van der Waals surface area contributed by atoms with E-state index in [2.05, 4.69) is 22.8 Å². The van der Waals surface area contributed by atoms with Gasteiger partial charge in [-0.2, -0.15) is 0 Å². The van der Waals surface area contributed by atoms with E-state index in [0.717, 1.165) is 35.1 Å². The molecule has 7 heteroatoms. The topological polar surface area (TPSA) is 66.9 Å². The van der Waals surface area contributed by atoms with Gasteiger partial charge in [-0.25, -0.2) is 9.97 Å². The van der Waals surface area contributed by atoms with Gasteiger partial charge in [0.25, 0.3) is 0 Å². The van der Waals surface area contributed by atoms with Crippen molar-refractivity contribution >= 4 is 45.0 Å². The number of fused-ring (bicyclic) bond motifs is 3. The second-order valence-corrected chi connectivity index (χ2v) is 8.67. The van der Waals surface area contributed by atoms with Gasteiger partial charge in [0.2, 0.25) is 5.91 Å². The third kappa shape index (κ3) is 4.25. The molecule has 0 bridgehead atoms. The fourth-order valence-electron chi connectivity index (χ4n) is 3.32. The predicted octanol–water partition coefficient (Wildman–Crippen LogP) is 4.02. The molecule has 4 rings (SSSR count). The number of carbonyl (C=O) groups excluding carboxylic acids is 1. The van der Waals surface area contributed by atoms with E-state index in [1.807, 2.05) is 29.5 Å². The standard InChI is InChI=1S/C20H22N4OS2/c1-13(25)21-10-11-22-19-18-15-8-5-9-16(15)27-20(18)24-17(23-19)12-26-14-6-3-2-4-7-14/h2-4,6-7H,5,8-12H2,1H3,(H,21,25)(H,22,23,24). The van der Waals surface area contributed by atoms with Crippen LogP contribution in [0.1, 0.15) is 29.6 Å². The summed E-state index contributed by atoms with van der Waals surface area (Å²) in [7, 11) is 0. The van der Waals surface area contributed by atoms with Crippen LogP contribution in [0.3, 0.4) is 0 Å². The van der Waals surface area contributed by atoms with Crippen molar-refractivity contribution in [3.63, 3.8) is 0 Å². The lowest BCUT2D eigenvalue weighted by Gasteiger charge is -2.10. The summed E-state index contributed by atoms with van der Waals surface area (Å²) in [5.41, 5.74) is 1.42. The summed E-state index contributed by atoms with van der Waals surface area (Å²) in [6, 6.07) is 10.3. The van der Waals surface area contributed by atoms with Gasteiger partial charge >= 0.3 is 0 Å². The number of thioether (sulfide) groups is 1. The van der Waals surface area contributed by atoms with E-state index in [1.165, 1.54) is 34.1 Å². The smallest absolute Gasteiger partial charge is 0.216 e. The summed E-state index contributed by atoms with van der Waals surface area (Å²) in [6.07, 6.45) is 3.47. The highest BCUT2D eigenvalue weighted by Crippen LogP contribution is 2.39. The highest BCUT2D eigenvalue weighted by atomic mass is 32.2. The SMILES string of the molecule is CC(=O)NCCNc1nc(CSc2ccccc2)nc2sc3c(c12)CCC3. The van der Waals surface area contributed by atoms with Gasteiger partial charge in [-0.05, 0) is 37.0 Å². The van der Waals surface area contributed by atoms with Gasteiger partial charge in [0.15, 0.2) is 0 Å². The summed E-state index contributed by atoms with van der Waals surface area (Å²) < 4.78 is 0. The van der Waals surface area contributed by atoms with Crippen LogP contribution in [0.5, 0.6) is 0 Å². The molecule has 140 valence electrons. The average Bonchev–Trinajstić information content (AvgIpc) is 3.25. The third-order valence-electron chi connectivity index (χ3n) is 4.51. The first-order valence-corrected chi connectivity index (χ1v) is 11.0. The number of anilines is 1. The van der Waals surface area contributed by atoms with Crippen LogP contribution < -0.4 is 10.6 Å². The molecule has 0 saturated heterocycles. The minimum Gasteiger partial charge on any atom is -0.368 e. The Bertz CT molecular complexity index is 956. The largest absolute Gasteiger partial charge is 0.368 e. The number of nitrogens with zero attached hydrogens (tertiary/aromatic N) is 2. The molecule has 2 heterocycles. The number of nitrogens with one attached hydrogen (secondary N) is 2. The molecule has 27 heavy (non-hydrogen) atoms. The van der Waals surface area contributed by atoms with Crippen molar-refractivity contribution in [2.75, 3.05) is 18.4 Å². The van der Waals surface area contributed by atoms with Crippen molar-refractivity contribution in [3.05, 3.63) is 46.6 Å². The maximum atomic E-state index is 11.1. The maximum Gasteiger partial charge on any atom is 0.216 e. The van der Waals surface area contributed by atoms with Gasteiger partial charge in [0.05, 0.1) is 11.1 Å². The Morgan fingerprint density at radius 2 is 2.04 bits per heavy atom. The first-order valence-electron chi connectivity index (χ1n) is 9.18. The van der Waals surface area contributed by atoms with E-state index in [-0.39, 0.29) is 5.91 Å². The van der Waals surface area contributed by atoms with Crippen molar-refractivity contribution in [2.45, 2.75) is 36.8 Å². The zero-order valence-corrected chi connectivity index (χ0v) is 16.9. The predicted molar refractivity (Wildman–Crippen MR) is 113 cm³/mol. The van der Waals surface area contributed by atoms with Gasteiger partial charge in [-0.3, -0.25) is 4.79 Å². The van der Waals surface area contributed by atoms with Gasteiger partial charge in [-0.15, -0.1) is 23.1 Å². The minimum atomic E-state index is -0.0130. The summed E-state index contributed by atoms with van der Waals surface area (Å²) in [5.74, 6) is 2.48. The van der Waals surface area contributed by atoms with E-state index in [1.54, 1.807) is 11.8 Å². The number of hydrogen-bond donors (Lipinski definition) is 2. The Labute approximate surface area is 167 Å². The molecule has 3 aromatic rings. The van der Waals surface area contributed by atoms with E-state index in [4.69, 9.17) is 9.97 Å².